The summed E-state index contributed by atoms with van der Waals surface area (Å²) in [5.41, 5.74) is 2.34. The number of fused-ring (bicyclic) bond motifs is 1. The lowest BCUT2D eigenvalue weighted by Crippen LogP contribution is -1.99. The number of hydrogen-bond donors (Lipinski definition) is 1. The van der Waals surface area contributed by atoms with E-state index >= 15 is 0 Å². The van der Waals surface area contributed by atoms with E-state index in [-0.39, 0.29) is 6.61 Å². The summed E-state index contributed by atoms with van der Waals surface area (Å²) in [5, 5.41) is 15.4. The Balaban J connectivity index is 1.66. The molecule has 2 aromatic carbocycles. The van der Waals surface area contributed by atoms with E-state index in [2.05, 4.69) is 35.0 Å². The van der Waals surface area contributed by atoms with Gasteiger partial charge in [0, 0.05) is 16.9 Å². The molecule has 3 nitrogen and oxygen atoms in total. The number of nitriles is 1. The molecule has 0 unspecified atom stereocenters. The lowest BCUT2D eigenvalue weighted by molar-refractivity contribution is 0.368. The van der Waals surface area contributed by atoms with Crippen LogP contribution in [0.25, 0.3) is 10.1 Å². The molecule has 0 atom stereocenters. The minimum atomic E-state index is 0.0771. The van der Waals surface area contributed by atoms with Crippen LogP contribution in [-0.2, 0) is 6.54 Å². The van der Waals surface area contributed by atoms with Gasteiger partial charge in [0.05, 0.1) is 0 Å². The topological polar surface area (TPSA) is 45.0 Å². The van der Waals surface area contributed by atoms with Crippen LogP contribution in [0.15, 0.2) is 53.9 Å². The monoisotopic (exact) mass is 294 g/mol. The van der Waals surface area contributed by atoms with Crippen molar-refractivity contribution in [1.82, 2.24) is 0 Å². The standard InChI is InChI=1S/C17H14N2OS/c18-9-10-20-15-7-5-14(6-8-15)19-11-13-12-21-17-4-2-1-3-16(13)17/h1-8,12,19H,10-11H2. The lowest BCUT2D eigenvalue weighted by Gasteiger charge is -2.07. The van der Waals surface area contributed by atoms with Crippen LogP contribution in [0.5, 0.6) is 5.75 Å². The first kappa shape index (κ1) is 13.5. The Morgan fingerprint density at radius 2 is 1.90 bits per heavy atom. The fourth-order valence-electron chi connectivity index (χ4n) is 2.15. The highest BCUT2D eigenvalue weighted by Gasteiger charge is 2.03. The zero-order chi connectivity index (χ0) is 14.5. The highest BCUT2D eigenvalue weighted by molar-refractivity contribution is 7.17. The van der Waals surface area contributed by atoms with Crippen molar-refractivity contribution in [2.75, 3.05) is 11.9 Å². The number of hydrogen-bond acceptors (Lipinski definition) is 4. The summed E-state index contributed by atoms with van der Waals surface area (Å²) in [6.07, 6.45) is 0. The summed E-state index contributed by atoms with van der Waals surface area (Å²) in [7, 11) is 0. The van der Waals surface area contributed by atoms with Gasteiger partial charge in [-0.25, -0.2) is 0 Å². The van der Waals surface area contributed by atoms with E-state index in [0.717, 1.165) is 12.2 Å². The molecule has 0 radical (unpaired) electrons. The third kappa shape index (κ3) is 3.15. The minimum Gasteiger partial charge on any atom is -0.479 e. The quantitative estimate of drug-likeness (QED) is 0.757. The fourth-order valence-corrected chi connectivity index (χ4v) is 3.11. The third-order valence-corrected chi connectivity index (χ3v) is 4.21. The van der Waals surface area contributed by atoms with E-state index in [0.29, 0.717) is 5.75 Å². The Hall–Kier alpha value is -2.51. The molecular weight excluding hydrogens is 280 g/mol. The summed E-state index contributed by atoms with van der Waals surface area (Å²) < 4.78 is 6.55. The lowest BCUT2D eigenvalue weighted by atomic mass is 10.2. The normalized spacial score (nSPS) is 10.2. The van der Waals surface area contributed by atoms with Crippen LogP contribution in [-0.4, -0.2) is 6.61 Å². The van der Waals surface area contributed by atoms with Crippen LogP contribution < -0.4 is 10.1 Å². The predicted molar refractivity (Wildman–Crippen MR) is 86.7 cm³/mol. The molecule has 104 valence electrons. The number of benzene rings is 2. The maximum Gasteiger partial charge on any atom is 0.174 e. The van der Waals surface area contributed by atoms with E-state index in [9.17, 15) is 0 Å². The van der Waals surface area contributed by atoms with Crippen LogP contribution in [0.3, 0.4) is 0 Å². The Bertz CT molecular complexity index is 771. The fraction of sp³-hybridized carbons (Fsp3) is 0.118. The zero-order valence-electron chi connectivity index (χ0n) is 11.4. The Morgan fingerprint density at radius 3 is 2.71 bits per heavy atom. The molecule has 0 aliphatic heterocycles. The molecule has 0 bridgehead atoms. The van der Waals surface area contributed by atoms with Crippen molar-refractivity contribution in [3.8, 4) is 11.8 Å². The molecule has 1 heterocycles. The smallest absolute Gasteiger partial charge is 0.174 e. The second-order valence-electron chi connectivity index (χ2n) is 4.58. The van der Waals surface area contributed by atoms with Gasteiger partial charge in [0.25, 0.3) is 0 Å². The molecule has 0 aliphatic rings. The summed E-state index contributed by atoms with van der Waals surface area (Å²) in [6, 6.07) is 18.0. The van der Waals surface area contributed by atoms with Gasteiger partial charge in [-0.1, -0.05) is 18.2 Å². The van der Waals surface area contributed by atoms with Gasteiger partial charge < -0.3 is 10.1 Å². The van der Waals surface area contributed by atoms with E-state index in [1.54, 1.807) is 11.3 Å². The molecule has 0 saturated carbocycles. The molecule has 0 spiro atoms. The van der Waals surface area contributed by atoms with Crippen molar-refractivity contribution in [3.63, 3.8) is 0 Å². The van der Waals surface area contributed by atoms with Gasteiger partial charge >= 0.3 is 0 Å². The summed E-state index contributed by atoms with van der Waals surface area (Å²) in [4.78, 5) is 0. The second-order valence-corrected chi connectivity index (χ2v) is 5.49. The van der Waals surface area contributed by atoms with E-state index < -0.39 is 0 Å². The predicted octanol–water partition coefficient (Wildman–Crippen LogP) is 4.42. The van der Waals surface area contributed by atoms with Gasteiger partial charge in [-0.15, -0.1) is 11.3 Å². The van der Waals surface area contributed by atoms with Crippen LogP contribution >= 0.6 is 11.3 Å². The van der Waals surface area contributed by atoms with E-state index in [1.807, 2.05) is 30.3 Å². The third-order valence-electron chi connectivity index (χ3n) is 3.20. The van der Waals surface area contributed by atoms with Crippen LogP contribution in [0, 0.1) is 11.3 Å². The zero-order valence-corrected chi connectivity index (χ0v) is 12.2. The highest BCUT2D eigenvalue weighted by Crippen LogP contribution is 2.26. The van der Waals surface area contributed by atoms with Crippen LogP contribution in [0.4, 0.5) is 5.69 Å². The van der Waals surface area contributed by atoms with Gasteiger partial charge in [-0.2, -0.15) is 5.26 Å². The molecule has 1 aromatic heterocycles. The molecule has 0 saturated heterocycles. The number of ether oxygens (including phenoxy) is 1. The molecular formula is C17H14N2OS. The number of nitrogens with zero attached hydrogens (tertiary/aromatic N) is 1. The SMILES string of the molecule is N#CCOc1ccc(NCc2csc3ccccc23)cc1. The van der Waals surface area contributed by atoms with Gasteiger partial charge in [0.1, 0.15) is 11.8 Å². The van der Waals surface area contributed by atoms with Crippen molar-refractivity contribution >= 4 is 27.1 Å². The van der Waals surface area contributed by atoms with Crippen molar-refractivity contribution in [1.29, 1.82) is 5.26 Å². The molecule has 0 aliphatic carbocycles. The average molecular weight is 294 g/mol. The largest absolute Gasteiger partial charge is 0.479 e. The van der Waals surface area contributed by atoms with E-state index in [1.165, 1.54) is 15.6 Å². The summed E-state index contributed by atoms with van der Waals surface area (Å²) >= 11 is 1.77. The Morgan fingerprint density at radius 1 is 1.10 bits per heavy atom. The van der Waals surface area contributed by atoms with Crippen molar-refractivity contribution in [3.05, 3.63) is 59.5 Å². The Labute approximate surface area is 127 Å². The molecule has 0 amide bonds. The maximum atomic E-state index is 8.47. The van der Waals surface area contributed by atoms with Crippen molar-refractivity contribution in [2.45, 2.75) is 6.54 Å². The summed E-state index contributed by atoms with van der Waals surface area (Å²) in [5.74, 6) is 0.711. The minimum absolute atomic E-state index is 0.0771. The molecule has 1 N–H and O–H groups in total. The van der Waals surface area contributed by atoms with Gasteiger partial charge in [0.2, 0.25) is 0 Å². The second kappa shape index (κ2) is 6.29. The van der Waals surface area contributed by atoms with Gasteiger partial charge in [-0.05, 0) is 46.7 Å². The average Bonchev–Trinajstić information content (AvgIpc) is 2.95. The number of nitrogens with one attached hydrogen (secondary N) is 1. The first-order valence-corrected chi connectivity index (χ1v) is 7.53. The van der Waals surface area contributed by atoms with E-state index in [4.69, 9.17) is 10.00 Å². The maximum absolute atomic E-state index is 8.47. The first-order valence-electron chi connectivity index (χ1n) is 6.65. The highest BCUT2D eigenvalue weighted by atomic mass is 32.1. The van der Waals surface area contributed by atoms with Crippen LogP contribution in [0.1, 0.15) is 5.56 Å². The van der Waals surface area contributed by atoms with Crippen molar-refractivity contribution < 1.29 is 4.74 Å². The first-order chi connectivity index (χ1) is 10.4. The number of rotatable bonds is 5. The number of thiophene rings is 1. The molecule has 0 fully saturated rings. The van der Waals surface area contributed by atoms with Gasteiger partial charge in [0.15, 0.2) is 6.61 Å². The number of anilines is 1. The van der Waals surface area contributed by atoms with Gasteiger partial charge in [-0.3, -0.25) is 0 Å². The molecule has 3 rings (SSSR count). The molecule has 21 heavy (non-hydrogen) atoms. The summed E-state index contributed by atoms with van der Waals surface area (Å²) in [6.45, 7) is 0.871. The Kier molecular flexibility index (Phi) is 4.04. The van der Waals surface area contributed by atoms with Crippen molar-refractivity contribution in [2.24, 2.45) is 0 Å². The van der Waals surface area contributed by atoms with Crippen LogP contribution in [0.2, 0.25) is 0 Å². The molecule has 4 heteroatoms. The molecule has 3 aromatic rings.